The molecule has 0 saturated heterocycles. The van der Waals surface area contributed by atoms with E-state index in [0.29, 0.717) is 12.0 Å². The van der Waals surface area contributed by atoms with Crippen molar-refractivity contribution < 1.29 is 83.7 Å². The maximum absolute atomic E-state index is 13.7. The second-order valence-electron chi connectivity index (χ2n) is 17.0. The molecule has 0 radical (unpaired) electrons. The molecule has 0 spiro atoms. The number of nitrogens with two attached hydrogens (primary N) is 2. The number of nitrogens with one attached hydrogen (secondary N) is 9. The minimum atomic E-state index is -1.78. The number of aliphatic carboxylic acids is 1. The first-order chi connectivity index (χ1) is 33.3. The Balaban J connectivity index is 3.19. The molecule has 10 atom stereocenters. The lowest BCUT2D eigenvalue weighted by molar-refractivity contribution is -0.409. The average molecular weight is 1010 g/mol. The summed E-state index contributed by atoms with van der Waals surface area (Å²) in [6.45, 7) is 4.64. The highest BCUT2D eigenvalue weighted by Gasteiger charge is 2.35. The molecule has 0 unspecified atom stereocenters. The molecule has 11 amide bonds. The summed E-state index contributed by atoms with van der Waals surface area (Å²) in [5, 5.41) is 58.3. The third-order valence-electron chi connectivity index (χ3n) is 10.5. The zero-order chi connectivity index (χ0) is 54.1. The van der Waals surface area contributed by atoms with Crippen LogP contribution in [0.15, 0.2) is 30.3 Å². The largest absolute Gasteiger partial charge is 0.480 e. The molecule has 396 valence electrons. The number of primary amides is 2. The fourth-order valence-electron chi connectivity index (χ4n) is 6.31. The van der Waals surface area contributed by atoms with Crippen LogP contribution in [0.1, 0.15) is 65.9 Å². The fourth-order valence-corrected chi connectivity index (χ4v) is 6.31. The number of hydrogen-bond acceptors (Lipinski definition) is 15. The number of carbonyl (C=O) groups is 12. The van der Waals surface area contributed by atoms with E-state index in [-0.39, 0.29) is 18.8 Å². The van der Waals surface area contributed by atoms with E-state index in [2.05, 4.69) is 48.3 Å². The first kappa shape index (κ1) is 61.7. The second-order valence-corrected chi connectivity index (χ2v) is 17.0. The summed E-state index contributed by atoms with van der Waals surface area (Å²) in [7, 11) is 0. The number of aliphatic hydroxyl groups excluding tert-OH is 3. The molecule has 0 aliphatic carbocycles. The van der Waals surface area contributed by atoms with Crippen LogP contribution in [0.2, 0.25) is 0 Å². The predicted octanol–water partition coefficient (Wildman–Crippen LogP) is -8.24. The highest BCUT2D eigenvalue weighted by atomic mass is 16.4. The number of rotatable bonds is 32. The van der Waals surface area contributed by atoms with Gasteiger partial charge in [0.15, 0.2) is 6.04 Å². The van der Waals surface area contributed by atoms with Gasteiger partial charge in [0, 0.05) is 6.42 Å². The zero-order valence-corrected chi connectivity index (χ0v) is 40.2. The van der Waals surface area contributed by atoms with Gasteiger partial charge in [0.25, 0.3) is 5.91 Å². The number of quaternary nitrogens is 1. The Morgan fingerprint density at radius 3 is 1.49 bits per heavy atom. The second kappa shape index (κ2) is 31.0. The number of carboxylic acids is 1. The van der Waals surface area contributed by atoms with Crippen molar-refractivity contribution in [1.29, 1.82) is 0 Å². The van der Waals surface area contributed by atoms with Crippen LogP contribution in [0.25, 0.3) is 0 Å². The number of amides is 11. The van der Waals surface area contributed by atoms with E-state index in [4.69, 9.17) is 16.6 Å². The summed E-state index contributed by atoms with van der Waals surface area (Å²) in [5.74, 6) is -13.3. The van der Waals surface area contributed by atoms with Gasteiger partial charge in [-0.25, -0.2) is 4.79 Å². The Kier molecular flexibility index (Phi) is 27.0. The number of carbonyl (C=O) groups excluding carboxylic acids is 11. The van der Waals surface area contributed by atoms with Gasteiger partial charge in [-0.15, -0.1) is 0 Å². The van der Waals surface area contributed by atoms with Crippen LogP contribution in [0.5, 0.6) is 0 Å². The van der Waals surface area contributed by atoms with Crippen LogP contribution in [0, 0.1) is 11.8 Å². The van der Waals surface area contributed by atoms with Crippen molar-refractivity contribution in [3.8, 4) is 0 Å². The molecule has 1 aromatic carbocycles. The van der Waals surface area contributed by atoms with Crippen LogP contribution in [0.4, 0.5) is 0 Å². The van der Waals surface area contributed by atoms with Crippen molar-refractivity contribution in [2.75, 3.05) is 26.4 Å². The molecule has 1 aromatic rings. The molecule has 20 N–H and O–H groups in total. The molecule has 28 nitrogen and oxygen atoms in total. The van der Waals surface area contributed by atoms with Gasteiger partial charge in [-0.2, -0.15) is 0 Å². The van der Waals surface area contributed by atoms with Crippen molar-refractivity contribution in [1.82, 2.24) is 47.9 Å². The van der Waals surface area contributed by atoms with E-state index >= 15 is 0 Å². The Morgan fingerprint density at radius 2 is 1.01 bits per heavy atom. The first-order valence-corrected chi connectivity index (χ1v) is 22.5. The monoisotopic (exact) mass is 1010 g/mol. The van der Waals surface area contributed by atoms with Crippen LogP contribution in [-0.2, 0) is 64.0 Å². The van der Waals surface area contributed by atoms with E-state index in [9.17, 15) is 72.9 Å². The SMILES string of the molecule is CC[C@H](C)[C@H](NC(=O)[C@H](C)NC(=O)CNC(=O)[C@H](Cc1ccccc1)NC(=O)[C@H](CC(N)=O)NC(=O)[C@H](CC(N)=O)NC(=O)[C@@H]([NH3+])CO)C(=O)N[C@@H](CC(C)C)C(=O)N[C@@H](CO)C(=O)N[C@@H](CO)C(=O)O. The molecule has 71 heavy (non-hydrogen) atoms. The Bertz CT molecular complexity index is 2040. The van der Waals surface area contributed by atoms with Gasteiger partial charge < -0.3 is 85.5 Å². The highest BCUT2D eigenvalue weighted by molar-refractivity contribution is 5.99. The number of hydrogen-bond donors (Lipinski definition) is 16. The lowest BCUT2D eigenvalue weighted by Gasteiger charge is -2.29. The van der Waals surface area contributed by atoms with Gasteiger partial charge in [-0.1, -0.05) is 64.4 Å². The predicted molar refractivity (Wildman–Crippen MR) is 246 cm³/mol. The molecular weight excluding hydrogens is 941 g/mol. The molecule has 0 aromatic heterocycles. The summed E-state index contributed by atoms with van der Waals surface area (Å²) in [5.41, 5.74) is 14.5. The van der Waals surface area contributed by atoms with Crippen LogP contribution in [-0.4, -0.2) is 172 Å². The third-order valence-corrected chi connectivity index (χ3v) is 10.5. The van der Waals surface area contributed by atoms with Crippen LogP contribution >= 0.6 is 0 Å². The quantitative estimate of drug-likeness (QED) is 0.0319. The lowest BCUT2D eigenvalue weighted by atomic mass is 9.96. The molecule has 0 aliphatic rings. The summed E-state index contributed by atoms with van der Waals surface area (Å²) in [4.78, 5) is 154. The van der Waals surface area contributed by atoms with Gasteiger partial charge in [0.2, 0.25) is 59.1 Å². The van der Waals surface area contributed by atoms with Crippen LogP contribution in [0.3, 0.4) is 0 Å². The maximum Gasteiger partial charge on any atom is 0.328 e. The maximum atomic E-state index is 13.7. The summed E-state index contributed by atoms with van der Waals surface area (Å²) >= 11 is 0. The van der Waals surface area contributed by atoms with E-state index in [1.54, 1.807) is 58.0 Å². The van der Waals surface area contributed by atoms with E-state index in [0.717, 1.165) is 0 Å². The lowest BCUT2D eigenvalue weighted by Crippen LogP contribution is -2.70. The first-order valence-electron chi connectivity index (χ1n) is 22.5. The molecular formula is C43H69N12O16+. The van der Waals surface area contributed by atoms with Crippen molar-refractivity contribution in [3.05, 3.63) is 35.9 Å². The van der Waals surface area contributed by atoms with Crippen molar-refractivity contribution in [2.24, 2.45) is 23.3 Å². The number of benzene rings is 1. The summed E-state index contributed by atoms with van der Waals surface area (Å²) in [6.07, 6.45) is -1.44. The molecule has 0 bridgehead atoms. The molecule has 1 rings (SSSR count). The van der Waals surface area contributed by atoms with Gasteiger partial charge >= 0.3 is 5.97 Å². The molecule has 0 heterocycles. The summed E-state index contributed by atoms with van der Waals surface area (Å²) < 4.78 is 0. The molecule has 0 saturated carbocycles. The topological polar surface area (TPSA) is 474 Å². The third kappa shape index (κ3) is 22.3. The normalized spacial score (nSPS) is 15.2. The van der Waals surface area contributed by atoms with E-state index in [1.807, 2.05) is 5.32 Å². The van der Waals surface area contributed by atoms with Crippen LogP contribution < -0.4 is 65.1 Å². The number of carboxylic acid groups (broad SMARTS) is 1. The zero-order valence-electron chi connectivity index (χ0n) is 40.2. The highest BCUT2D eigenvalue weighted by Crippen LogP contribution is 2.12. The average Bonchev–Trinajstić information content (AvgIpc) is 3.31. The summed E-state index contributed by atoms with van der Waals surface area (Å²) in [6, 6.07) is -5.39. The van der Waals surface area contributed by atoms with Gasteiger partial charge in [-0.05, 0) is 30.7 Å². The van der Waals surface area contributed by atoms with Crippen molar-refractivity contribution in [3.63, 3.8) is 0 Å². The fraction of sp³-hybridized carbons (Fsp3) is 0.581. The van der Waals surface area contributed by atoms with Crippen molar-refractivity contribution >= 4 is 70.9 Å². The van der Waals surface area contributed by atoms with E-state index in [1.165, 1.54) is 6.92 Å². The Labute approximate surface area is 408 Å². The van der Waals surface area contributed by atoms with Crippen molar-refractivity contribution in [2.45, 2.75) is 121 Å². The molecule has 0 aliphatic heterocycles. The molecule has 0 fully saturated rings. The standard InChI is InChI=1S/C43H68N12O16/c1-6-21(4)34(42(69)52-25(12-20(2)3)38(65)53-29(18-57)41(68)54-30(19-58)43(70)71)55-35(62)22(5)48-33(61)16-47-37(64)26(13-23-10-8-7-9-11-23)50-40(67)28(15-32(46)60)51-39(66)27(14-31(45)59)49-36(63)24(44)17-56/h7-11,20-22,24-30,34,56-58H,6,12-19,44H2,1-5H3,(H2,45,59)(H2,46,60)(H,47,64)(H,48,61)(H,49,63)(H,50,67)(H,51,66)(H,52,69)(H,53,65)(H,54,68)(H,55,62)(H,70,71)/p+1/t21-,22-,24-,25-,26-,27-,28-,29-,30-,34-/m0/s1. The van der Waals surface area contributed by atoms with Gasteiger partial charge in [-0.3, -0.25) is 52.7 Å². The van der Waals surface area contributed by atoms with Gasteiger partial charge in [0.1, 0.15) is 54.9 Å². The number of aliphatic hydroxyl groups is 3. The Hall–Kier alpha value is -7.30. The molecule has 28 heteroatoms. The smallest absolute Gasteiger partial charge is 0.328 e. The van der Waals surface area contributed by atoms with E-state index < -0.39 is 170 Å². The minimum absolute atomic E-state index is 0.00956. The van der Waals surface area contributed by atoms with Gasteiger partial charge in [0.05, 0.1) is 32.6 Å². The Morgan fingerprint density at radius 1 is 0.549 bits per heavy atom. The minimum Gasteiger partial charge on any atom is -0.480 e.